The smallest absolute Gasteiger partial charge is 0.142 e. The first kappa shape index (κ1) is 14.8. The molecule has 6 heteroatoms. The SMILES string of the molecule is CNC(c1ccncc1OC)c1c(Cl)cnn1C(C)C. The molecular weight excluding hydrogens is 276 g/mol. The minimum Gasteiger partial charge on any atom is -0.495 e. The molecule has 5 nitrogen and oxygen atoms in total. The molecule has 0 aliphatic rings. The van der Waals surface area contributed by atoms with Gasteiger partial charge in [-0.15, -0.1) is 0 Å². The van der Waals surface area contributed by atoms with Crippen LogP contribution in [0.5, 0.6) is 5.75 Å². The molecule has 0 amide bonds. The van der Waals surface area contributed by atoms with Gasteiger partial charge in [0.1, 0.15) is 5.75 Å². The summed E-state index contributed by atoms with van der Waals surface area (Å²) in [7, 11) is 3.52. The number of ether oxygens (including phenoxy) is 1. The summed E-state index contributed by atoms with van der Waals surface area (Å²) in [6.45, 7) is 4.15. The topological polar surface area (TPSA) is 52.0 Å². The number of pyridine rings is 1. The van der Waals surface area contributed by atoms with E-state index in [2.05, 4.69) is 29.2 Å². The summed E-state index contributed by atoms with van der Waals surface area (Å²) < 4.78 is 7.31. The van der Waals surface area contributed by atoms with E-state index < -0.39 is 0 Å². The Hall–Kier alpha value is -1.59. The van der Waals surface area contributed by atoms with Gasteiger partial charge in [-0.25, -0.2) is 0 Å². The second-order valence-corrected chi connectivity index (χ2v) is 5.16. The number of hydrogen-bond acceptors (Lipinski definition) is 4. The molecule has 0 saturated heterocycles. The van der Waals surface area contributed by atoms with Crippen LogP contribution in [0.25, 0.3) is 0 Å². The van der Waals surface area contributed by atoms with E-state index in [0.717, 1.165) is 17.0 Å². The predicted octanol–water partition coefficient (Wildman–Crippen LogP) is 2.83. The van der Waals surface area contributed by atoms with Gasteiger partial charge in [-0.3, -0.25) is 9.67 Å². The Morgan fingerprint density at radius 2 is 2.10 bits per heavy atom. The number of nitrogens with zero attached hydrogens (tertiary/aromatic N) is 3. The van der Waals surface area contributed by atoms with E-state index in [0.29, 0.717) is 5.02 Å². The lowest BCUT2D eigenvalue weighted by molar-refractivity contribution is 0.400. The van der Waals surface area contributed by atoms with Gasteiger partial charge in [0, 0.05) is 17.8 Å². The van der Waals surface area contributed by atoms with Crippen LogP contribution < -0.4 is 10.1 Å². The molecule has 0 radical (unpaired) electrons. The van der Waals surface area contributed by atoms with E-state index in [1.807, 2.05) is 17.8 Å². The average molecular weight is 295 g/mol. The van der Waals surface area contributed by atoms with Gasteiger partial charge < -0.3 is 10.1 Å². The minimum absolute atomic E-state index is 0.106. The molecule has 0 aliphatic carbocycles. The Bertz CT molecular complexity index is 582. The summed E-state index contributed by atoms with van der Waals surface area (Å²) in [5.41, 5.74) is 1.91. The number of hydrogen-bond donors (Lipinski definition) is 1. The van der Waals surface area contributed by atoms with Crippen LogP contribution in [0.15, 0.2) is 24.7 Å². The lowest BCUT2D eigenvalue weighted by Crippen LogP contribution is -2.23. The summed E-state index contributed by atoms with van der Waals surface area (Å²) in [6, 6.07) is 2.04. The number of halogens is 1. The molecule has 0 spiro atoms. The Morgan fingerprint density at radius 1 is 1.35 bits per heavy atom. The molecule has 0 saturated carbocycles. The van der Waals surface area contributed by atoms with Crippen molar-refractivity contribution in [2.45, 2.75) is 25.9 Å². The fourth-order valence-corrected chi connectivity index (χ4v) is 2.51. The monoisotopic (exact) mass is 294 g/mol. The third-order valence-corrected chi connectivity index (χ3v) is 3.48. The first-order chi connectivity index (χ1) is 9.60. The summed E-state index contributed by atoms with van der Waals surface area (Å²) in [4.78, 5) is 4.09. The highest BCUT2D eigenvalue weighted by Gasteiger charge is 2.24. The second-order valence-electron chi connectivity index (χ2n) is 4.76. The standard InChI is InChI=1S/C14H19ClN4O/c1-9(2)19-14(11(15)7-18-19)13(16-3)10-5-6-17-8-12(10)20-4/h5-9,13,16H,1-4H3. The van der Waals surface area contributed by atoms with Crippen LogP contribution in [0.2, 0.25) is 5.02 Å². The molecule has 2 heterocycles. The van der Waals surface area contributed by atoms with Crippen LogP contribution in [0.3, 0.4) is 0 Å². The molecule has 0 aromatic carbocycles. The Balaban J connectivity index is 2.55. The maximum Gasteiger partial charge on any atom is 0.142 e. The second kappa shape index (κ2) is 6.24. The number of aromatic nitrogens is 3. The van der Waals surface area contributed by atoms with Gasteiger partial charge in [0.2, 0.25) is 0 Å². The van der Waals surface area contributed by atoms with Crippen molar-refractivity contribution in [3.8, 4) is 5.75 Å². The van der Waals surface area contributed by atoms with Crippen molar-refractivity contribution in [3.05, 3.63) is 40.9 Å². The Morgan fingerprint density at radius 3 is 2.70 bits per heavy atom. The third-order valence-electron chi connectivity index (χ3n) is 3.19. The van der Waals surface area contributed by atoms with Crippen molar-refractivity contribution in [3.63, 3.8) is 0 Å². The molecule has 2 rings (SSSR count). The van der Waals surface area contributed by atoms with Gasteiger partial charge in [-0.1, -0.05) is 11.6 Å². The van der Waals surface area contributed by atoms with E-state index in [1.54, 1.807) is 25.7 Å². The maximum absolute atomic E-state index is 6.33. The Kier molecular flexibility index (Phi) is 4.62. The average Bonchev–Trinajstić information content (AvgIpc) is 2.83. The van der Waals surface area contributed by atoms with E-state index in [1.165, 1.54) is 0 Å². The zero-order chi connectivity index (χ0) is 14.7. The van der Waals surface area contributed by atoms with Gasteiger partial charge in [-0.05, 0) is 27.0 Å². The van der Waals surface area contributed by atoms with Crippen LogP contribution >= 0.6 is 11.6 Å². The molecule has 20 heavy (non-hydrogen) atoms. The molecule has 2 aromatic rings. The highest BCUT2D eigenvalue weighted by Crippen LogP contribution is 2.33. The molecule has 2 aromatic heterocycles. The quantitative estimate of drug-likeness (QED) is 0.921. The highest BCUT2D eigenvalue weighted by atomic mass is 35.5. The van der Waals surface area contributed by atoms with Crippen molar-refractivity contribution in [2.24, 2.45) is 0 Å². The largest absolute Gasteiger partial charge is 0.495 e. The fourth-order valence-electron chi connectivity index (χ4n) is 2.27. The third kappa shape index (κ3) is 2.64. The fraction of sp³-hybridized carbons (Fsp3) is 0.429. The summed E-state index contributed by atoms with van der Waals surface area (Å²) in [5, 5.41) is 8.27. The van der Waals surface area contributed by atoms with Crippen molar-refractivity contribution in [2.75, 3.05) is 14.2 Å². The van der Waals surface area contributed by atoms with Crippen LogP contribution in [0.4, 0.5) is 0 Å². The van der Waals surface area contributed by atoms with Crippen LogP contribution in [-0.2, 0) is 0 Å². The lowest BCUT2D eigenvalue weighted by atomic mass is 10.0. The first-order valence-corrected chi connectivity index (χ1v) is 6.86. The molecule has 1 atom stereocenters. The highest BCUT2D eigenvalue weighted by molar-refractivity contribution is 6.31. The summed E-state index contributed by atoms with van der Waals surface area (Å²) >= 11 is 6.33. The zero-order valence-corrected chi connectivity index (χ0v) is 12.8. The van der Waals surface area contributed by atoms with Gasteiger partial charge >= 0.3 is 0 Å². The van der Waals surface area contributed by atoms with E-state index in [-0.39, 0.29) is 12.1 Å². The van der Waals surface area contributed by atoms with Gasteiger partial charge in [-0.2, -0.15) is 5.10 Å². The van der Waals surface area contributed by atoms with Crippen LogP contribution in [-0.4, -0.2) is 28.9 Å². The zero-order valence-electron chi connectivity index (χ0n) is 12.1. The van der Waals surface area contributed by atoms with Crippen molar-refractivity contribution in [1.82, 2.24) is 20.1 Å². The van der Waals surface area contributed by atoms with Crippen molar-refractivity contribution < 1.29 is 4.74 Å². The molecule has 1 N–H and O–H groups in total. The maximum atomic E-state index is 6.33. The van der Waals surface area contributed by atoms with E-state index >= 15 is 0 Å². The Labute approximate surface area is 123 Å². The number of nitrogens with one attached hydrogen (secondary N) is 1. The van der Waals surface area contributed by atoms with Crippen LogP contribution in [0, 0.1) is 0 Å². The predicted molar refractivity (Wildman–Crippen MR) is 79.3 cm³/mol. The number of rotatable bonds is 5. The van der Waals surface area contributed by atoms with Gasteiger partial charge in [0.25, 0.3) is 0 Å². The molecule has 0 fully saturated rings. The summed E-state index contributed by atoms with van der Waals surface area (Å²) in [6.07, 6.45) is 5.12. The molecule has 108 valence electrons. The van der Waals surface area contributed by atoms with E-state index in [9.17, 15) is 0 Å². The van der Waals surface area contributed by atoms with Crippen molar-refractivity contribution in [1.29, 1.82) is 0 Å². The minimum atomic E-state index is -0.106. The molecular formula is C14H19ClN4O. The van der Waals surface area contributed by atoms with Crippen LogP contribution in [0.1, 0.15) is 37.2 Å². The lowest BCUT2D eigenvalue weighted by Gasteiger charge is -2.22. The first-order valence-electron chi connectivity index (χ1n) is 6.48. The van der Waals surface area contributed by atoms with E-state index in [4.69, 9.17) is 16.3 Å². The molecule has 0 aliphatic heterocycles. The van der Waals surface area contributed by atoms with Gasteiger partial charge in [0.15, 0.2) is 0 Å². The molecule has 0 bridgehead atoms. The number of methoxy groups -OCH3 is 1. The summed E-state index contributed by atoms with van der Waals surface area (Å²) in [5.74, 6) is 0.722. The van der Waals surface area contributed by atoms with Crippen molar-refractivity contribution >= 4 is 11.6 Å². The van der Waals surface area contributed by atoms with Gasteiger partial charge in [0.05, 0.1) is 36.3 Å². The molecule has 1 unspecified atom stereocenters. The normalized spacial score (nSPS) is 12.7.